The lowest BCUT2D eigenvalue weighted by atomic mass is 10.1. The van der Waals surface area contributed by atoms with Gasteiger partial charge >= 0.3 is 6.03 Å². The topological polar surface area (TPSA) is 96.5 Å². The summed E-state index contributed by atoms with van der Waals surface area (Å²) in [5.74, 6) is 0.466. The molecule has 1 saturated heterocycles. The Hall–Kier alpha value is -3.46. The number of amides is 3. The molecule has 3 aromatic rings. The Labute approximate surface area is 174 Å². The number of carbonyl (C=O) groups excluding carboxylic acids is 2. The first-order valence-corrected chi connectivity index (χ1v) is 9.74. The number of carbonyl (C=O) groups is 2. The number of anilines is 1. The van der Waals surface area contributed by atoms with E-state index >= 15 is 0 Å². The van der Waals surface area contributed by atoms with Crippen LogP contribution in [0.5, 0.6) is 0 Å². The van der Waals surface area contributed by atoms with Crippen molar-refractivity contribution in [2.24, 2.45) is 0 Å². The molecular formula is C21H24N6O3. The molecule has 0 aliphatic carbocycles. The molecule has 156 valence electrons. The smallest absolute Gasteiger partial charge is 0.332 e. The Kier molecular flexibility index (Phi) is 5.37. The monoisotopic (exact) mass is 408 g/mol. The fourth-order valence-corrected chi connectivity index (χ4v) is 3.63. The van der Waals surface area contributed by atoms with E-state index in [1.807, 2.05) is 45.2 Å². The first kappa shape index (κ1) is 19.8. The highest BCUT2D eigenvalue weighted by Crippen LogP contribution is 2.23. The fraction of sp³-hybridized carbons (Fsp3) is 0.333. The van der Waals surface area contributed by atoms with Gasteiger partial charge in [0, 0.05) is 24.8 Å². The van der Waals surface area contributed by atoms with Gasteiger partial charge in [-0.1, -0.05) is 29.4 Å². The highest BCUT2D eigenvalue weighted by molar-refractivity contribution is 6.19. The van der Waals surface area contributed by atoms with Crippen molar-refractivity contribution in [3.63, 3.8) is 0 Å². The normalized spacial score (nSPS) is 14.2. The van der Waals surface area contributed by atoms with Crippen LogP contribution in [0.25, 0.3) is 0 Å². The summed E-state index contributed by atoms with van der Waals surface area (Å²) >= 11 is 0. The molecule has 0 atom stereocenters. The number of hydrogen-bond donors (Lipinski definition) is 1. The number of nitrogens with zero attached hydrogens (tertiary/aromatic N) is 5. The van der Waals surface area contributed by atoms with E-state index in [2.05, 4.69) is 15.6 Å². The lowest BCUT2D eigenvalue weighted by Gasteiger charge is -2.16. The van der Waals surface area contributed by atoms with E-state index in [0.29, 0.717) is 18.8 Å². The van der Waals surface area contributed by atoms with Crippen molar-refractivity contribution in [2.45, 2.75) is 33.5 Å². The molecule has 0 bridgehead atoms. The number of rotatable bonds is 7. The fourth-order valence-electron chi connectivity index (χ4n) is 3.63. The number of benzene rings is 1. The number of imide groups is 1. The summed E-state index contributed by atoms with van der Waals surface area (Å²) in [5, 5.41) is 11.4. The van der Waals surface area contributed by atoms with E-state index in [-0.39, 0.29) is 18.5 Å². The molecule has 0 unspecified atom stereocenters. The third kappa shape index (κ3) is 3.84. The van der Waals surface area contributed by atoms with Gasteiger partial charge in [-0.15, -0.1) is 0 Å². The first-order valence-electron chi connectivity index (χ1n) is 9.74. The SMILES string of the molecule is CNCc1cccc(CN2CC(=O)N(c3cnn(Cc4c(C)noc4C)c3)C2=O)c1. The molecule has 1 N–H and O–H groups in total. The molecule has 0 saturated carbocycles. The minimum atomic E-state index is -0.337. The minimum absolute atomic E-state index is 0.0458. The van der Waals surface area contributed by atoms with Crippen LogP contribution in [0.2, 0.25) is 0 Å². The number of hydrogen-bond acceptors (Lipinski definition) is 6. The van der Waals surface area contributed by atoms with E-state index in [1.54, 1.807) is 15.8 Å². The van der Waals surface area contributed by atoms with Gasteiger partial charge in [0.05, 0.1) is 24.1 Å². The van der Waals surface area contributed by atoms with Gasteiger partial charge in [0.1, 0.15) is 12.3 Å². The zero-order valence-electron chi connectivity index (χ0n) is 17.3. The molecule has 2 aromatic heterocycles. The van der Waals surface area contributed by atoms with Crippen LogP contribution < -0.4 is 10.2 Å². The Balaban J connectivity index is 1.48. The van der Waals surface area contributed by atoms with Crippen LogP contribution in [0.1, 0.15) is 28.1 Å². The maximum absolute atomic E-state index is 12.9. The highest BCUT2D eigenvalue weighted by atomic mass is 16.5. The summed E-state index contributed by atoms with van der Waals surface area (Å²) in [7, 11) is 1.89. The van der Waals surface area contributed by atoms with Crippen molar-refractivity contribution >= 4 is 17.6 Å². The van der Waals surface area contributed by atoms with Crippen molar-refractivity contribution in [3.8, 4) is 0 Å². The second kappa shape index (κ2) is 8.11. The second-order valence-corrected chi connectivity index (χ2v) is 7.42. The second-order valence-electron chi connectivity index (χ2n) is 7.42. The van der Waals surface area contributed by atoms with E-state index in [1.165, 1.54) is 11.1 Å². The average molecular weight is 408 g/mol. The van der Waals surface area contributed by atoms with Crippen LogP contribution in [0.3, 0.4) is 0 Å². The Morgan fingerprint density at radius 2 is 1.97 bits per heavy atom. The molecule has 3 amide bonds. The molecule has 0 radical (unpaired) electrons. The van der Waals surface area contributed by atoms with E-state index in [9.17, 15) is 9.59 Å². The summed E-state index contributed by atoms with van der Waals surface area (Å²) in [6, 6.07) is 7.65. The molecule has 1 fully saturated rings. The maximum atomic E-state index is 12.9. The Morgan fingerprint density at radius 1 is 1.17 bits per heavy atom. The van der Waals surface area contributed by atoms with Crippen LogP contribution in [-0.4, -0.2) is 45.4 Å². The van der Waals surface area contributed by atoms with Crippen LogP contribution in [0, 0.1) is 13.8 Å². The van der Waals surface area contributed by atoms with Gasteiger partial charge in [0.25, 0.3) is 5.91 Å². The van der Waals surface area contributed by atoms with Crippen LogP contribution in [0.4, 0.5) is 10.5 Å². The van der Waals surface area contributed by atoms with Crippen LogP contribution >= 0.6 is 0 Å². The predicted octanol–water partition coefficient (Wildman–Crippen LogP) is 2.22. The van der Waals surface area contributed by atoms with Crippen molar-refractivity contribution in [1.29, 1.82) is 0 Å². The van der Waals surface area contributed by atoms with Crippen molar-refractivity contribution in [1.82, 2.24) is 25.2 Å². The zero-order chi connectivity index (χ0) is 21.3. The van der Waals surface area contributed by atoms with Gasteiger partial charge in [0.2, 0.25) is 0 Å². The molecule has 0 spiro atoms. The summed E-state index contributed by atoms with van der Waals surface area (Å²) < 4.78 is 6.86. The minimum Gasteiger partial charge on any atom is -0.361 e. The van der Waals surface area contributed by atoms with E-state index < -0.39 is 0 Å². The Morgan fingerprint density at radius 3 is 2.70 bits per heavy atom. The quantitative estimate of drug-likeness (QED) is 0.602. The van der Waals surface area contributed by atoms with E-state index in [4.69, 9.17) is 4.52 Å². The Bertz CT molecular complexity index is 1070. The molecule has 9 heteroatoms. The molecule has 4 rings (SSSR count). The van der Waals surface area contributed by atoms with Crippen molar-refractivity contribution in [2.75, 3.05) is 18.5 Å². The van der Waals surface area contributed by atoms with Gasteiger partial charge in [-0.25, -0.2) is 9.69 Å². The van der Waals surface area contributed by atoms with Gasteiger partial charge in [-0.3, -0.25) is 9.48 Å². The third-order valence-electron chi connectivity index (χ3n) is 5.16. The first-order chi connectivity index (χ1) is 14.5. The molecule has 3 heterocycles. The van der Waals surface area contributed by atoms with Crippen LogP contribution in [0.15, 0.2) is 41.2 Å². The number of urea groups is 1. The highest BCUT2D eigenvalue weighted by Gasteiger charge is 2.37. The average Bonchev–Trinajstić information content (AvgIpc) is 3.37. The molecule has 1 aliphatic rings. The predicted molar refractivity (Wildman–Crippen MR) is 110 cm³/mol. The van der Waals surface area contributed by atoms with Crippen LogP contribution in [-0.2, 0) is 24.4 Å². The molecular weight excluding hydrogens is 384 g/mol. The maximum Gasteiger partial charge on any atom is 0.332 e. The van der Waals surface area contributed by atoms with Gasteiger partial charge in [-0.05, 0) is 32.0 Å². The summed E-state index contributed by atoms with van der Waals surface area (Å²) in [5.41, 5.74) is 4.31. The third-order valence-corrected chi connectivity index (χ3v) is 5.16. The summed E-state index contributed by atoms with van der Waals surface area (Å²) in [6.45, 7) is 5.34. The van der Waals surface area contributed by atoms with Gasteiger partial charge in [0.15, 0.2) is 0 Å². The molecule has 1 aromatic carbocycles. The van der Waals surface area contributed by atoms with Gasteiger partial charge in [-0.2, -0.15) is 5.10 Å². The van der Waals surface area contributed by atoms with Gasteiger partial charge < -0.3 is 14.7 Å². The standard InChI is InChI=1S/C21H24N6O3/c1-14-19(15(2)30-24-14)12-26-11-18(9-23-26)27-20(28)13-25(21(27)29)10-17-6-4-5-16(7-17)8-22-3/h4-7,9,11,22H,8,10,12-13H2,1-3H3. The summed E-state index contributed by atoms with van der Waals surface area (Å²) in [4.78, 5) is 28.2. The molecule has 1 aliphatic heterocycles. The number of aryl methyl sites for hydroxylation is 2. The molecule has 30 heavy (non-hydrogen) atoms. The molecule has 9 nitrogen and oxygen atoms in total. The number of nitrogens with one attached hydrogen (secondary N) is 1. The lowest BCUT2D eigenvalue weighted by molar-refractivity contribution is -0.116. The van der Waals surface area contributed by atoms with Crippen molar-refractivity contribution in [3.05, 3.63) is 64.8 Å². The summed E-state index contributed by atoms with van der Waals surface area (Å²) in [6.07, 6.45) is 3.23. The van der Waals surface area contributed by atoms with Crippen molar-refractivity contribution < 1.29 is 14.1 Å². The lowest BCUT2D eigenvalue weighted by Crippen LogP contribution is -2.32. The zero-order valence-corrected chi connectivity index (χ0v) is 17.3. The number of aromatic nitrogens is 3. The largest absolute Gasteiger partial charge is 0.361 e. The van der Waals surface area contributed by atoms with E-state index in [0.717, 1.165) is 34.7 Å².